The van der Waals surface area contributed by atoms with E-state index in [0.717, 1.165) is 11.1 Å². The number of aromatic nitrogens is 3. The molecule has 0 bridgehead atoms. The van der Waals surface area contributed by atoms with Gasteiger partial charge in [0.05, 0.1) is 16.8 Å². The van der Waals surface area contributed by atoms with E-state index in [1.165, 1.54) is 18.2 Å². The molecular weight excluding hydrogens is 275 g/mol. The fourth-order valence-electron chi connectivity index (χ4n) is 2.12. The Morgan fingerprint density at radius 3 is 2.95 bits per heavy atom. The van der Waals surface area contributed by atoms with Gasteiger partial charge < -0.3 is 4.98 Å². The molecule has 0 spiro atoms. The Morgan fingerprint density at radius 1 is 1.40 bits per heavy atom. The number of hydrogen-bond donors (Lipinski definition) is 1. The molecule has 3 rings (SSSR count). The van der Waals surface area contributed by atoms with Crippen molar-refractivity contribution in [3.8, 4) is 11.8 Å². The van der Waals surface area contributed by atoms with E-state index in [-0.39, 0.29) is 5.56 Å². The SMILES string of the molecule is Cc1cnc2c(c1)[nH]c(=S)n2-c1ccc(F)cc1C#N. The lowest BCUT2D eigenvalue weighted by Crippen LogP contribution is -1.99. The second-order valence-corrected chi connectivity index (χ2v) is 4.81. The van der Waals surface area contributed by atoms with Crippen LogP contribution in [-0.4, -0.2) is 14.5 Å². The first-order valence-corrected chi connectivity index (χ1v) is 6.28. The van der Waals surface area contributed by atoms with Gasteiger partial charge in [-0.3, -0.25) is 4.57 Å². The molecule has 3 aromatic rings. The average molecular weight is 284 g/mol. The number of aryl methyl sites for hydroxylation is 1. The molecule has 0 amide bonds. The summed E-state index contributed by atoms with van der Waals surface area (Å²) in [7, 11) is 0. The molecular formula is C14H9FN4S. The van der Waals surface area contributed by atoms with Gasteiger partial charge in [-0.15, -0.1) is 0 Å². The number of H-pyrrole nitrogens is 1. The van der Waals surface area contributed by atoms with Crippen LogP contribution in [0.4, 0.5) is 4.39 Å². The smallest absolute Gasteiger partial charge is 0.184 e. The molecule has 0 unspecified atom stereocenters. The first-order valence-electron chi connectivity index (χ1n) is 5.87. The van der Waals surface area contributed by atoms with Gasteiger partial charge in [0, 0.05) is 6.20 Å². The van der Waals surface area contributed by atoms with E-state index in [1.54, 1.807) is 10.8 Å². The van der Waals surface area contributed by atoms with E-state index in [2.05, 4.69) is 9.97 Å². The van der Waals surface area contributed by atoms with Crippen molar-refractivity contribution in [1.82, 2.24) is 14.5 Å². The number of imidazole rings is 1. The highest BCUT2D eigenvalue weighted by Gasteiger charge is 2.12. The fraction of sp³-hybridized carbons (Fsp3) is 0.0714. The highest BCUT2D eigenvalue weighted by atomic mass is 32.1. The van der Waals surface area contributed by atoms with Gasteiger partial charge in [0.15, 0.2) is 10.4 Å². The quantitative estimate of drug-likeness (QED) is 0.697. The van der Waals surface area contributed by atoms with Crippen molar-refractivity contribution in [2.75, 3.05) is 0 Å². The Kier molecular flexibility index (Phi) is 2.84. The number of hydrogen-bond acceptors (Lipinski definition) is 3. The highest BCUT2D eigenvalue weighted by molar-refractivity contribution is 7.71. The number of halogens is 1. The maximum Gasteiger partial charge on any atom is 0.184 e. The number of nitriles is 1. The van der Waals surface area contributed by atoms with E-state index >= 15 is 0 Å². The van der Waals surface area contributed by atoms with Crippen LogP contribution >= 0.6 is 12.2 Å². The summed E-state index contributed by atoms with van der Waals surface area (Å²) < 4.78 is 15.3. The molecule has 0 fully saturated rings. The monoisotopic (exact) mass is 284 g/mol. The van der Waals surface area contributed by atoms with E-state index in [4.69, 9.17) is 17.5 Å². The number of fused-ring (bicyclic) bond motifs is 1. The Morgan fingerprint density at radius 2 is 2.20 bits per heavy atom. The van der Waals surface area contributed by atoms with Crippen LogP contribution in [0.25, 0.3) is 16.9 Å². The van der Waals surface area contributed by atoms with E-state index in [9.17, 15) is 4.39 Å². The predicted molar refractivity (Wildman–Crippen MR) is 75.7 cm³/mol. The number of aromatic amines is 1. The molecule has 1 aromatic carbocycles. The largest absolute Gasteiger partial charge is 0.329 e. The third-order valence-corrected chi connectivity index (χ3v) is 3.26. The van der Waals surface area contributed by atoms with Crippen LogP contribution in [0.3, 0.4) is 0 Å². The molecule has 20 heavy (non-hydrogen) atoms. The highest BCUT2D eigenvalue weighted by Crippen LogP contribution is 2.22. The molecule has 4 nitrogen and oxygen atoms in total. The molecule has 6 heteroatoms. The molecule has 0 aliphatic rings. The maximum absolute atomic E-state index is 13.2. The van der Waals surface area contributed by atoms with Crippen LogP contribution in [0.15, 0.2) is 30.5 Å². The summed E-state index contributed by atoms with van der Waals surface area (Å²) in [5.41, 5.74) is 3.12. The predicted octanol–water partition coefficient (Wildman–Crippen LogP) is 3.40. The molecule has 0 radical (unpaired) electrons. The molecule has 0 aliphatic heterocycles. The second kappa shape index (κ2) is 4.54. The number of pyridine rings is 1. The summed E-state index contributed by atoms with van der Waals surface area (Å²) >= 11 is 5.28. The lowest BCUT2D eigenvalue weighted by molar-refractivity contribution is 0.627. The fourth-order valence-corrected chi connectivity index (χ4v) is 2.41. The normalized spacial score (nSPS) is 10.7. The number of benzene rings is 1. The summed E-state index contributed by atoms with van der Waals surface area (Å²) in [6.07, 6.45) is 1.72. The van der Waals surface area contributed by atoms with Crippen molar-refractivity contribution in [1.29, 1.82) is 5.26 Å². The summed E-state index contributed by atoms with van der Waals surface area (Å²) in [5, 5.41) is 9.15. The van der Waals surface area contributed by atoms with Crippen molar-refractivity contribution in [3.05, 3.63) is 52.2 Å². The molecule has 0 aliphatic carbocycles. The molecule has 2 heterocycles. The molecule has 98 valence electrons. The third-order valence-electron chi connectivity index (χ3n) is 2.98. The van der Waals surface area contributed by atoms with Gasteiger partial charge in [-0.05, 0) is 49.0 Å². The summed E-state index contributed by atoms with van der Waals surface area (Å²) in [5.74, 6) is -0.458. The lowest BCUT2D eigenvalue weighted by atomic mass is 10.2. The molecule has 2 aromatic heterocycles. The minimum atomic E-state index is -0.458. The Bertz CT molecular complexity index is 917. The summed E-state index contributed by atoms with van der Waals surface area (Å²) in [6, 6.07) is 7.91. The van der Waals surface area contributed by atoms with Gasteiger partial charge in [-0.1, -0.05) is 0 Å². The van der Waals surface area contributed by atoms with E-state index < -0.39 is 5.82 Å². The number of nitrogens with zero attached hydrogens (tertiary/aromatic N) is 3. The van der Waals surface area contributed by atoms with Crippen LogP contribution in [0.1, 0.15) is 11.1 Å². The van der Waals surface area contributed by atoms with Gasteiger partial charge in [-0.2, -0.15) is 5.26 Å². The molecule has 0 saturated carbocycles. The van der Waals surface area contributed by atoms with Crippen LogP contribution in [-0.2, 0) is 0 Å². The van der Waals surface area contributed by atoms with Gasteiger partial charge in [0.1, 0.15) is 11.9 Å². The van der Waals surface area contributed by atoms with Crippen molar-refractivity contribution < 1.29 is 4.39 Å². The first-order chi connectivity index (χ1) is 9.60. The topological polar surface area (TPSA) is 57.4 Å². The van der Waals surface area contributed by atoms with Gasteiger partial charge in [-0.25, -0.2) is 9.37 Å². The second-order valence-electron chi connectivity index (χ2n) is 4.42. The Balaban J connectivity index is 2.39. The number of nitrogens with one attached hydrogen (secondary N) is 1. The van der Waals surface area contributed by atoms with Crippen molar-refractivity contribution in [2.45, 2.75) is 6.92 Å². The van der Waals surface area contributed by atoms with Crippen molar-refractivity contribution >= 4 is 23.4 Å². The van der Waals surface area contributed by atoms with Crippen LogP contribution in [0.5, 0.6) is 0 Å². The van der Waals surface area contributed by atoms with Crippen molar-refractivity contribution in [2.24, 2.45) is 0 Å². The first kappa shape index (κ1) is 12.5. The van der Waals surface area contributed by atoms with Crippen LogP contribution < -0.4 is 0 Å². The summed E-state index contributed by atoms with van der Waals surface area (Å²) in [4.78, 5) is 7.38. The van der Waals surface area contributed by atoms with Crippen LogP contribution in [0, 0.1) is 28.8 Å². The third kappa shape index (κ3) is 1.89. The molecule has 0 atom stereocenters. The standard InChI is InChI=1S/C14H9FN4S/c1-8-4-11-13(17-7-8)19(14(20)18-11)12-3-2-10(15)5-9(12)6-16/h2-5,7H,1H3,(H,18,20). The Labute approximate surface area is 119 Å². The zero-order valence-electron chi connectivity index (χ0n) is 10.5. The zero-order valence-corrected chi connectivity index (χ0v) is 11.3. The van der Waals surface area contributed by atoms with Crippen LogP contribution in [0.2, 0.25) is 0 Å². The van der Waals surface area contributed by atoms with E-state index in [0.29, 0.717) is 16.1 Å². The van der Waals surface area contributed by atoms with Crippen molar-refractivity contribution in [3.63, 3.8) is 0 Å². The number of rotatable bonds is 1. The van der Waals surface area contributed by atoms with Gasteiger partial charge >= 0.3 is 0 Å². The van der Waals surface area contributed by atoms with Gasteiger partial charge in [0.25, 0.3) is 0 Å². The molecule has 0 saturated heterocycles. The van der Waals surface area contributed by atoms with Gasteiger partial charge in [0.2, 0.25) is 0 Å². The summed E-state index contributed by atoms with van der Waals surface area (Å²) in [6.45, 7) is 1.93. The minimum absolute atomic E-state index is 0.212. The zero-order chi connectivity index (χ0) is 14.3. The lowest BCUT2D eigenvalue weighted by Gasteiger charge is -2.06. The maximum atomic E-state index is 13.2. The van der Waals surface area contributed by atoms with E-state index in [1.807, 2.05) is 19.1 Å². The minimum Gasteiger partial charge on any atom is -0.329 e. The molecule has 1 N–H and O–H groups in total. The Hall–Kier alpha value is -2.52. The average Bonchev–Trinajstić information content (AvgIpc) is 2.73.